The quantitative estimate of drug-likeness (QED) is 0.227. The van der Waals surface area contributed by atoms with Gasteiger partial charge in [-0.2, -0.15) is 0 Å². The molecular formula is C15H24O. The molecule has 0 rings (SSSR count). The summed E-state index contributed by atoms with van der Waals surface area (Å²) in [5, 5.41) is 0. The van der Waals surface area contributed by atoms with Gasteiger partial charge in [-0.25, -0.2) is 0 Å². The molecule has 0 N–H and O–H groups in total. The van der Waals surface area contributed by atoms with E-state index in [1.165, 1.54) is 44.6 Å². The predicted octanol–water partition coefficient (Wildman–Crippen LogP) is 4.60. The van der Waals surface area contributed by atoms with Crippen molar-refractivity contribution < 1.29 is 4.79 Å². The molecule has 0 aromatic heterocycles. The van der Waals surface area contributed by atoms with Gasteiger partial charge in [0.2, 0.25) is 0 Å². The second kappa shape index (κ2) is 13.9. The standard InChI is InChI=1S/C15H24O/c1-2-3-4-5-6-7-8-9-10-11-12-13-14-15-16/h9-15H,2-8H2,1H3. The summed E-state index contributed by atoms with van der Waals surface area (Å²) in [6.45, 7) is 2.24. The molecule has 0 spiro atoms. The van der Waals surface area contributed by atoms with Gasteiger partial charge in [0.1, 0.15) is 6.29 Å². The van der Waals surface area contributed by atoms with E-state index in [4.69, 9.17) is 0 Å². The van der Waals surface area contributed by atoms with E-state index in [0.717, 1.165) is 12.7 Å². The molecule has 0 aromatic carbocycles. The van der Waals surface area contributed by atoms with E-state index in [-0.39, 0.29) is 0 Å². The lowest BCUT2D eigenvalue weighted by molar-refractivity contribution is -0.104. The topological polar surface area (TPSA) is 17.1 Å². The Balaban J connectivity index is 3.24. The maximum absolute atomic E-state index is 9.95. The van der Waals surface area contributed by atoms with Crippen molar-refractivity contribution >= 4 is 6.29 Å². The van der Waals surface area contributed by atoms with Gasteiger partial charge in [0, 0.05) is 0 Å². The minimum Gasteiger partial charge on any atom is -0.299 e. The van der Waals surface area contributed by atoms with Crippen LogP contribution in [0.2, 0.25) is 0 Å². The Bertz CT molecular complexity index is 224. The molecule has 1 nitrogen and oxygen atoms in total. The van der Waals surface area contributed by atoms with Crippen molar-refractivity contribution in [3.8, 4) is 0 Å². The Labute approximate surface area is 99.9 Å². The van der Waals surface area contributed by atoms with Crippen LogP contribution >= 0.6 is 0 Å². The third kappa shape index (κ3) is 12.9. The van der Waals surface area contributed by atoms with Gasteiger partial charge in [-0.05, 0) is 18.9 Å². The number of hydrogen-bond donors (Lipinski definition) is 0. The molecule has 0 fully saturated rings. The Kier molecular flexibility index (Phi) is 12.9. The first-order chi connectivity index (χ1) is 7.91. The van der Waals surface area contributed by atoms with Crippen LogP contribution in [0.3, 0.4) is 0 Å². The monoisotopic (exact) mass is 220 g/mol. The molecule has 0 saturated carbocycles. The fraction of sp³-hybridized carbons (Fsp3) is 0.533. The lowest BCUT2D eigenvalue weighted by Crippen LogP contribution is -1.77. The van der Waals surface area contributed by atoms with E-state index < -0.39 is 0 Å². The summed E-state index contributed by atoms with van der Waals surface area (Å²) < 4.78 is 0. The smallest absolute Gasteiger partial charge is 0.142 e. The largest absolute Gasteiger partial charge is 0.299 e. The molecule has 0 atom stereocenters. The summed E-state index contributed by atoms with van der Waals surface area (Å²) in [5.41, 5.74) is 0. The molecule has 16 heavy (non-hydrogen) atoms. The Morgan fingerprint density at radius 3 is 2.12 bits per heavy atom. The van der Waals surface area contributed by atoms with Crippen LogP contribution in [0.4, 0.5) is 0 Å². The highest BCUT2D eigenvalue weighted by Gasteiger charge is 1.87. The zero-order valence-corrected chi connectivity index (χ0v) is 10.4. The van der Waals surface area contributed by atoms with Gasteiger partial charge < -0.3 is 0 Å². The highest BCUT2D eigenvalue weighted by molar-refractivity contribution is 5.65. The fourth-order valence-corrected chi connectivity index (χ4v) is 1.46. The highest BCUT2D eigenvalue weighted by Crippen LogP contribution is 2.06. The van der Waals surface area contributed by atoms with Crippen LogP contribution in [0.1, 0.15) is 51.9 Å². The molecule has 0 bridgehead atoms. The van der Waals surface area contributed by atoms with Crippen molar-refractivity contribution in [1.29, 1.82) is 0 Å². The van der Waals surface area contributed by atoms with E-state index in [9.17, 15) is 4.79 Å². The van der Waals surface area contributed by atoms with Gasteiger partial charge in [0.15, 0.2) is 0 Å². The average Bonchev–Trinajstić information content (AvgIpc) is 2.31. The number of unbranched alkanes of at least 4 members (excludes halogenated alkanes) is 6. The lowest BCUT2D eigenvalue weighted by atomic mass is 10.1. The molecule has 0 saturated heterocycles. The molecule has 1 heteroatoms. The van der Waals surface area contributed by atoms with Crippen molar-refractivity contribution in [1.82, 2.24) is 0 Å². The van der Waals surface area contributed by atoms with Crippen LogP contribution in [0.5, 0.6) is 0 Å². The molecule has 0 aromatic rings. The predicted molar refractivity (Wildman–Crippen MR) is 71.5 cm³/mol. The van der Waals surface area contributed by atoms with Crippen LogP contribution in [0.15, 0.2) is 36.5 Å². The zero-order chi connectivity index (χ0) is 11.9. The van der Waals surface area contributed by atoms with Crippen molar-refractivity contribution in [2.45, 2.75) is 51.9 Å². The summed E-state index contributed by atoms with van der Waals surface area (Å²) in [7, 11) is 0. The van der Waals surface area contributed by atoms with Crippen molar-refractivity contribution in [3.63, 3.8) is 0 Å². The van der Waals surface area contributed by atoms with Crippen LogP contribution in [-0.4, -0.2) is 6.29 Å². The van der Waals surface area contributed by atoms with Gasteiger partial charge >= 0.3 is 0 Å². The highest BCUT2D eigenvalue weighted by atomic mass is 16.1. The number of rotatable bonds is 10. The molecule has 0 amide bonds. The van der Waals surface area contributed by atoms with E-state index in [0.29, 0.717) is 0 Å². The minimum absolute atomic E-state index is 0.782. The normalized spacial score (nSPS) is 12.1. The van der Waals surface area contributed by atoms with Gasteiger partial charge in [0.05, 0.1) is 0 Å². The van der Waals surface area contributed by atoms with E-state index >= 15 is 0 Å². The van der Waals surface area contributed by atoms with Crippen LogP contribution in [0, 0.1) is 0 Å². The van der Waals surface area contributed by atoms with Crippen molar-refractivity contribution in [3.05, 3.63) is 36.5 Å². The van der Waals surface area contributed by atoms with Crippen LogP contribution in [-0.2, 0) is 4.79 Å². The van der Waals surface area contributed by atoms with Gasteiger partial charge in [-0.3, -0.25) is 4.79 Å². The average molecular weight is 220 g/mol. The summed E-state index contributed by atoms with van der Waals surface area (Å²) in [6, 6.07) is 0. The third-order valence-electron chi connectivity index (χ3n) is 2.38. The maximum atomic E-state index is 9.95. The SMILES string of the molecule is CCCCCCCCC=CC=CC=CC=O. The molecule has 0 aliphatic rings. The Morgan fingerprint density at radius 1 is 0.750 bits per heavy atom. The first kappa shape index (κ1) is 14.9. The van der Waals surface area contributed by atoms with Crippen molar-refractivity contribution in [2.24, 2.45) is 0 Å². The minimum atomic E-state index is 0.782. The zero-order valence-electron chi connectivity index (χ0n) is 10.4. The first-order valence-electron chi connectivity index (χ1n) is 6.35. The number of aldehydes is 1. The molecule has 90 valence electrons. The number of carbonyl (C=O) groups is 1. The summed E-state index contributed by atoms with van der Waals surface area (Å²) >= 11 is 0. The van der Waals surface area contributed by atoms with Gasteiger partial charge in [0.25, 0.3) is 0 Å². The summed E-state index contributed by atoms with van der Waals surface area (Å²) in [4.78, 5) is 9.95. The first-order valence-corrected chi connectivity index (χ1v) is 6.35. The lowest BCUT2D eigenvalue weighted by Gasteiger charge is -1.97. The maximum Gasteiger partial charge on any atom is 0.142 e. The number of allylic oxidation sites excluding steroid dienone is 6. The molecule has 0 unspecified atom stereocenters. The summed E-state index contributed by atoms with van der Waals surface area (Å²) in [5.74, 6) is 0. The fourth-order valence-electron chi connectivity index (χ4n) is 1.46. The number of carbonyl (C=O) groups excluding carboxylic acids is 1. The van der Waals surface area contributed by atoms with Crippen LogP contribution in [0.25, 0.3) is 0 Å². The van der Waals surface area contributed by atoms with Crippen molar-refractivity contribution in [2.75, 3.05) is 0 Å². The summed E-state index contributed by atoms with van der Waals surface area (Å²) in [6.07, 6.45) is 21.3. The van der Waals surface area contributed by atoms with E-state index in [1.807, 2.05) is 18.2 Å². The Morgan fingerprint density at radius 2 is 1.38 bits per heavy atom. The van der Waals surface area contributed by atoms with E-state index in [2.05, 4.69) is 13.0 Å². The van der Waals surface area contributed by atoms with Crippen LogP contribution < -0.4 is 0 Å². The molecule has 0 radical (unpaired) electrons. The van der Waals surface area contributed by atoms with Gasteiger partial charge in [-0.1, -0.05) is 69.4 Å². The molecule has 0 aliphatic carbocycles. The molecular weight excluding hydrogens is 196 g/mol. The van der Waals surface area contributed by atoms with Gasteiger partial charge in [-0.15, -0.1) is 0 Å². The second-order valence-corrected chi connectivity index (χ2v) is 3.89. The molecule has 0 heterocycles. The molecule has 0 aliphatic heterocycles. The third-order valence-corrected chi connectivity index (χ3v) is 2.38. The number of hydrogen-bond acceptors (Lipinski definition) is 1. The van der Waals surface area contributed by atoms with E-state index in [1.54, 1.807) is 6.08 Å². The Hall–Kier alpha value is -1.11. The second-order valence-electron chi connectivity index (χ2n) is 3.89.